The number of rotatable bonds is 6. The van der Waals surface area contributed by atoms with Crippen molar-refractivity contribution in [1.29, 1.82) is 0 Å². The summed E-state index contributed by atoms with van der Waals surface area (Å²) in [5, 5.41) is 0. The summed E-state index contributed by atoms with van der Waals surface area (Å²) in [6, 6.07) is 19.3. The predicted molar refractivity (Wildman–Crippen MR) is 164 cm³/mol. The number of carbonyl (C=O) groups is 1. The molecule has 0 unspecified atom stereocenters. The van der Waals surface area contributed by atoms with Crippen LogP contribution in [0.4, 0.5) is 15.9 Å². The number of hydrogen-bond donors (Lipinski definition) is 0. The van der Waals surface area contributed by atoms with Gasteiger partial charge in [0.1, 0.15) is 27.4 Å². The van der Waals surface area contributed by atoms with Crippen molar-refractivity contribution in [2.75, 3.05) is 43.1 Å². The minimum absolute atomic E-state index is 0.220. The number of nitrogens with zero attached hydrogens (tertiary/aromatic N) is 5. The number of fused-ring (bicyclic) bond motifs is 1. The molecule has 1 amide bonds. The average molecular weight is 588 g/mol. The molecular formula is C30H26FN5O3S2. The summed E-state index contributed by atoms with van der Waals surface area (Å²) < 4.78 is 20.5. The van der Waals surface area contributed by atoms with Crippen molar-refractivity contribution < 1.29 is 13.9 Å². The van der Waals surface area contributed by atoms with Crippen molar-refractivity contribution >= 4 is 57.4 Å². The fourth-order valence-electron chi connectivity index (χ4n) is 4.97. The van der Waals surface area contributed by atoms with E-state index in [1.807, 2.05) is 30.3 Å². The maximum atomic E-state index is 13.7. The predicted octanol–water partition coefficient (Wildman–Crippen LogP) is 4.57. The number of aromatic nitrogens is 2. The number of thioether (sulfide) groups is 1. The van der Waals surface area contributed by atoms with Crippen molar-refractivity contribution in [2.24, 2.45) is 0 Å². The molecule has 0 spiro atoms. The van der Waals surface area contributed by atoms with Crippen molar-refractivity contribution in [3.63, 3.8) is 0 Å². The number of benzene rings is 2. The molecule has 2 saturated heterocycles. The Hall–Kier alpha value is -4.22. The Morgan fingerprint density at radius 2 is 1.68 bits per heavy atom. The van der Waals surface area contributed by atoms with Gasteiger partial charge < -0.3 is 14.5 Å². The van der Waals surface area contributed by atoms with E-state index in [2.05, 4.69) is 9.80 Å². The van der Waals surface area contributed by atoms with Gasteiger partial charge in [-0.25, -0.2) is 9.37 Å². The minimum atomic E-state index is -0.347. The van der Waals surface area contributed by atoms with Gasteiger partial charge in [0.15, 0.2) is 0 Å². The normalized spacial score (nSPS) is 16.7. The maximum absolute atomic E-state index is 13.7. The van der Waals surface area contributed by atoms with E-state index in [-0.39, 0.29) is 23.8 Å². The largest absolute Gasteiger partial charge is 0.497 e. The van der Waals surface area contributed by atoms with Gasteiger partial charge in [-0.2, -0.15) is 0 Å². The number of piperazine rings is 1. The van der Waals surface area contributed by atoms with Crippen LogP contribution in [-0.2, 0) is 11.3 Å². The number of ether oxygens (including phenoxy) is 1. The summed E-state index contributed by atoms with van der Waals surface area (Å²) in [4.78, 5) is 38.2. The second-order valence-electron chi connectivity index (χ2n) is 9.65. The van der Waals surface area contributed by atoms with Crippen molar-refractivity contribution in [3.8, 4) is 5.75 Å². The molecule has 2 aromatic heterocycles. The smallest absolute Gasteiger partial charge is 0.267 e. The molecule has 0 atom stereocenters. The highest BCUT2D eigenvalue weighted by molar-refractivity contribution is 8.26. The number of carbonyl (C=O) groups excluding carboxylic acids is 1. The standard InChI is InChI=1S/C30H26FN5O3S2/c1-39-23-11-9-22(10-12-23)33-14-16-34(17-15-33)27-24(28(37)35-13-3-2-4-26(35)32-27)18-25-29(38)36(30(40)41-25)19-20-5-7-21(31)8-6-20/h2-13,18H,14-17,19H2,1H3. The Morgan fingerprint density at radius 1 is 0.976 bits per heavy atom. The summed E-state index contributed by atoms with van der Waals surface area (Å²) in [6.45, 7) is 2.99. The van der Waals surface area contributed by atoms with Crippen molar-refractivity contribution in [1.82, 2.24) is 14.3 Å². The third-order valence-corrected chi connectivity index (χ3v) is 8.55. The van der Waals surface area contributed by atoms with E-state index in [0.717, 1.165) is 41.9 Å². The lowest BCUT2D eigenvalue weighted by molar-refractivity contribution is -0.122. The van der Waals surface area contributed by atoms with Crippen LogP contribution < -0.4 is 20.1 Å². The molecule has 2 aliphatic rings. The van der Waals surface area contributed by atoms with Gasteiger partial charge in [0.2, 0.25) is 0 Å². The molecule has 2 aromatic carbocycles. The van der Waals surface area contributed by atoms with Gasteiger partial charge in [-0.15, -0.1) is 0 Å². The van der Waals surface area contributed by atoms with E-state index < -0.39 is 0 Å². The van der Waals surface area contributed by atoms with Gasteiger partial charge in [0.25, 0.3) is 11.5 Å². The van der Waals surface area contributed by atoms with Crippen LogP contribution in [0.1, 0.15) is 11.1 Å². The van der Waals surface area contributed by atoms with Crippen molar-refractivity contribution in [2.45, 2.75) is 6.54 Å². The van der Waals surface area contributed by atoms with Crippen LogP contribution in [0.5, 0.6) is 5.75 Å². The monoisotopic (exact) mass is 587 g/mol. The van der Waals surface area contributed by atoms with Crippen LogP contribution >= 0.6 is 24.0 Å². The molecular weight excluding hydrogens is 561 g/mol. The first-order valence-electron chi connectivity index (χ1n) is 13.1. The first kappa shape index (κ1) is 27.0. The van der Waals surface area contributed by atoms with Crippen LogP contribution in [0.2, 0.25) is 0 Å². The maximum Gasteiger partial charge on any atom is 0.267 e. The Balaban J connectivity index is 1.30. The summed E-state index contributed by atoms with van der Waals surface area (Å²) >= 11 is 6.66. The second-order valence-corrected chi connectivity index (χ2v) is 11.3. The molecule has 11 heteroatoms. The number of hydrogen-bond acceptors (Lipinski definition) is 8. The lowest BCUT2D eigenvalue weighted by Crippen LogP contribution is -2.47. The molecule has 41 heavy (non-hydrogen) atoms. The molecule has 2 fully saturated rings. The van der Waals surface area contributed by atoms with E-state index in [1.165, 1.54) is 21.4 Å². The van der Waals surface area contributed by atoms with Crippen LogP contribution in [0.25, 0.3) is 11.7 Å². The van der Waals surface area contributed by atoms with Gasteiger partial charge in [-0.05, 0) is 60.2 Å². The quantitative estimate of drug-likeness (QED) is 0.240. The fraction of sp³-hybridized carbons (Fsp3) is 0.200. The van der Waals surface area contributed by atoms with E-state index in [1.54, 1.807) is 43.6 Å². The molecule has 6 rings (SSSR count). The summed E-state index contributed by atoms with van der Waals surface area (Å²) in [5.74, 6) is 0.707. The molecule has 0 radical (unpaired) electrons. The molecule has 4 aromatic rings. The number of amides is 1. The second kappa shape index (κ2) is 11.3. The Labute approximate surface area is 245 Å². The van der Waals surface area contributed by atoms with E-state index >= 15 is 0 Å². The average Bonchev–Trinajstić information content (AvgIpc) is 3.27. The number of halogens is 1. The summed E-state index contributed by atoms with van der Waals surface area (Å²) in [7, 11) is 1.65. The summed E-state index contributed by atoms with van der Waals surface area (Å²) in [6.07, 6.45) is 3.29. The Bertz CT molecular complexity index is 1720. The van der Waals surface area contributed by atoms with Gasteiger partial charge in [0, 0.05) is 38.1 Å². The third-order valence-electron chi connectivity index (χ3n) is 7.17. The molecule has 0 saturated carbocycles. The lowest BCUT2D eigenvalue weighted by atomic mass is 10.2. The number of pyridine rings is 1. The first-order valence-corrected chi connectivity index (χ1v) is 14.3. The SMILES string of the molecule is COc1ccc(N2CCN(c3nc4ccccn4c(=O)c3C=C3SC(=S)N(Cc4ccc(F)cc4)C3=O)CC2)cc1. The molecule has 208 valence electrons. The molecule has 2 aliphatic heterocycles. The Morgan fingerprint density at radius 3 is 2.39 bits per heavy atom. The third kappa shape index (κ3) is 5.42. The van der Waals surface area contributed by atoms with Crippen molar-refractivity contribution in [3.05, 3.63) is 105 Å². The van der Waals surface area contributed by atoms with E-state index in [0.29, 0.717) is 39.3 Å². The van der Waals surface area contributed by atoms with Gasteiger partial charge >= 0.3 is 0 Å². The van der Waals surface area contributed by atoms with E-state index in [4.69, 9.17) is 21.9 Å². The molecule has 0 aliphatic carbocycles. The number of thiocarbonyl (C=S) groups is 1. The highest BCUT2D eigenvalue weighted by atomic mass is 32.2. The summed E-state index contributed by atoms with van der Waals surface area (Å²) in [5.41, 5.74) is 2.47. The zero-order valence-corrected chi connectivity index (χ0v) is 23.8. The van der Waals surface area contributed by atoms with Crippen LogP contribution in [0.3, 0.4) is 0 Å². The highest BCUT2D eigenvalue weighted by Gasteiger charge is 2.33. The number of methoxy groups -OCH3 is 1. The molecule has 0 N–H and O–H groups in total. The Kier molecular flexibility index (Phi) is 7.46. The fourth-order valence-corrected chi connectivity index (χ4v) is 6.20. The topological polar surface area (TPSA) is 70.4 Å². The van der Waals surface area contributed by atoms with Gasteiger partial charge in [0.05, 0.1) is 24.1 Å². The molecule has 8 nitrogen and oxygen atoms in total. The number of anilines is 2. The molecule has 0 bridgehead atoms. The highest BCUT2D eigenvalue weighted by Crippen LogP contribution is 2.35. The van der Waals surface area contributed by atoms with Gasteiger partial charge in [-0.3, -0.25) is 18.9 Å². The zero-order chi connectivity index (χ0) is 28.5. The van der Waals surface area contributed by atoms with Crippen LogP contribution in [0.15, 0.2) is 82.6 Å². The first-order chi connectivity index (χ1) is 19.9. The van der Waals surface area contributed by atoms with E-state index in [9.17, 15) is 14.0 Å². The molecule has 4 heterocycles. The lowest BCUT2D eigenvalue weighted by Gasteiger charge is -2.37. The van der Waals surface area contributed by atoms with Gasteiger partial charge in [-0.1, -0.05) is 42.2 Å². The van der Waals surface area contributed by atoms with Crippen LogP contribution in [0, 0.1) is 5.82 Å². The van der Waals surface area contributed by atoms with Crippen LogP contribution in [-0.4, -0.2) is 57.8 Å². The minimum Gasteiger partial charge on any atom is -0.497 e. The zero-order valence-electron chi connectivity index (χ0n) is 22.2.